The Morgan fingerprint density at radius 2 is 1.84 bits per heavy atom. The van der Waals surface area contributed by atoms with E-state index in [1.54, 1.807) is 11.5 Å². The van der Waals surface area contributed by atoms with Crippen molar-refractivity contribution in [1.29, 1.82) is 0 Å². The van der Waals surface area contributed by atoms with E-state index >= 15 is 0 Å². The van der Waals surface area contributed by atoms with E-state index in [2.05, 4.69) is 32.0 Å². The largest absolute Gasteiger partial charge is 0.352 e. The van der Waals surface area contributed by atoms with Crippen LogP contribution in [0.4, 0.5) is 5.82 Å². The zero-order valence-electron chi connectivity index (χ0n) is 14.8. The van der Waals surface area contributed by atoms with Crippen molar-refractivity contribution >= 4 is 33.3 Å². The maximum absolute atomic E-state index is 12.9. The highest BCUT2D eigenvalue weighted by Crippen LogP contribution is 2.30. The molecule has 1 amide bonds. The van der Waals surface area contributed by atoms with E-state index in [1.807, 2.05) is 37.9 Å². The van der Waals surface area contributed by atoms with Crippen LogP contribution in [-0.4, -0.2) is 45.9 Å². The van der Waals surface area contributed by atoms with Gasteiger partial charge in [0.05, 0.1) is 10.3 Å². The van der Waals surface area contributed by atoms with Crippen LogP contribution in [0.5, 0.6) is 0 Å². The van der Waals surface area contributed by atoms with Crippen molar-refractivity contribution in [2.45, 2.75) is 13.8 Å². The molecule has 0 atom stereocenters. The van der Waals surface area contributed by atoms with Gasteiger partial charge >= 0.3 is 0 Å². The van der Waals surface area contributed by atoms with Crippen molar-refractivity contribution in [3.63, 3.8) is 0 Å². The summed E-state index contributed by atoms with van der Waals surface area (Å²) in [5.74, 6) is 1.20. The second-order valence-corrected chi connectivity index (χ2v) is 7.43. The smallest absolute Gasteiger partial charge is 0.255 e. The number of aryl methyl sites for hydroxylation is 1. The number of piperazine rings is 1. The van der Waals surface area contributed by atoms with E-state index in [9.17, 15) is 4.79 Å². The fraction of sp³-hybridized carbons (Fsp3) is 0.368. The molecule has 0 aliphatic carbocycles. The Labute approximate surface area is 151 Å². The number of carbonyl (C=O) groups is 1. The zero-order valence-corrected chi connectivity index (χ0v) is 15.6. The molecule has 130 valence electrons. The Morgan fingerprint density at radius 3 is 2.52 bits per heavy atom. The first-order valence-electron chi connectivity index (χ1n) is 8.58. The van der Waals surface area contributed by atoms with E-state index < -0.39 is 0 Å². The van der Waals surface area contributed by atoms with Gasteiger partial charge in [0, 0.05) is 50.0 Å². The van der Waals surface area contributed by atoms with Crippen molar-refractivity contribution < 1.29 is 4.79 Å². The third kappa shape index (κ3) is 2.70. The zero-order chi connectivity index (χ0) is 17.6. The van der Waals surface area contributed by atoms with Gasteiger partial charge in [-0.3, -0.25) is 4.79 Å². The first kappa shape index (κ1) is 16.1. The second-order valence-electron chi connectivity index (χ2n) is 6.63. The number of anilines is 1. The lowest BCUT2D eigenvalue weighted by Crippen LogP contribution is -2.49. The highest BCUT2D eigenvalue weighted by atomic mass is 32.1. The van der Waals surface area contributed by atoms with Crippen LogP contribution in [0.1, 0.15) is 21.7 Å². The fourth-order valence-electron chi connectivity index (χ4n) is 3.46. The topological polar surface area (TPSA) is 41.4 Å². The summed E-state index contributed by atoms with van der Waals surface area (Å²) in [7, 11) is 2.01. The summed E-state index contributed by atoms with van der Waals surface area (Å²) in [4.78, 5) is 17.1. The molecule has 6 heteroatoms. The molecule has 2 aromatic heterocycles. The van der Waals surface area contributed by atoms with E-state index in [0.717, 1.165) is 48.9 Å². The summed E-state index contributed by atoms with van der Waals surface area (Å²) in [6, 6.07) is 10.3. The quantitative estimate of drug-likeness (QED) is 0.710. The summed E-state index contributed by atoms with van der Waals surface area (Å²) >= 11 is 1.54. The molecule has 0 spiro atoms. The molecule has 1 aliphatic rings. The molecule has 5 nitrogen and oxygen atoms in total. The van der Waals surface area contributed by atoms with Crippen LogP contribution in [0.25, 0.3) is 10.1 Å². The summed E-state index contributed by atoms with van der Waals surface area (Å²) in [6.45, 7) is 7.16. The number of hydrogen-bond donors (Lipinski definition) is 0. The fourth-order valence-corrected chi connectivity index (χ4v) is 4.26. The molecule has 0 N–H and O–H groups in total. The standard InChI is InChI=1S/C19H22N4OS/c1-13-12-16(14(2)21(13)3)19(24)23-10-8-22(9-11-23)18-15-6-4-5-7-17(15)25-20-18/h4-7,12H,8-11H2,1-3H3. The summed E-state index contributed by atoms with van der Waals surface area (Å²) < 4.78 is 7.93. The van der Waals surface area contributed by atoms with Crippen LogP contribution in [0.2, 0.25) is 0 Å². The molecule has 0 saturated carbocycles. The molecule has 3 aromatic rings. The van der Waals surface area contributed by atoms with Crippen molar-refractivity contribution in [3.05, 3.63) is 47.3 Å². The minimum atomic E-state index is 0.143. The molecular weight excluding hydrogens is 332 g/mol. The predicted octanol–water partition coefficient (Wildman–Crippen LogP) is 3.21. The normalized spacial score (nSPS) is 15.2. The van der Waals surface area contributed by atoms with E-state index in [4.69, 9.17) is 0 Å². The van der Waals surface area contributed by atoms with E-state index in [-0.39, 0.29) is 5.91 Å². The average Bonchev–Trinajstić information content (AvgIpc) is 3.18. The van der Waals surface area contributed by atoms with Gasteiger partial charge in [0.15, 0.2) is 0 Å². The van der Waals surface area contributed by atoms with Gasteiger partial charge in [-0.2, -0.15) is 4.37 Å². The van der Waals surface area contributed by atoms with Crippen LogP contribution in [-0.2, 0) is 7.05 Å². The lowest BCUT2D eigenvalue weighted by atomic mass is 10.2. The second kappa shape index (κ2) is 6.19. The Morgan fingerprint density at radius 1 is 1.12 bits per heavy atom. The molecule has 4 rings (SSSR count). The lowest BCUT2D eigenvalue weighted by molar-refractivity contribution is 0.0746. The van der Waals surface area contributed by atoms with Gasteiger partial charge < -0.3 is 14.4 Å². The van der Waals surface area contributed by atoms with Gasteiger partial charge in [-0.25, -0.2) is 0 Å². The molecule has 1 aliphatic heterocycles. The number of hydrogen-bond acceptors (Lipinski definition) is 4. The predicted molar refractivity (Wildman–Crippen MR) is 103 cm³/mol. The van der Waals surface area contributed by atoms with Gasteiger partial charge in [0.25, 0.3) is 5.91 Å². The Bertz CT molecular complexity index is 934. The van der Waals surface area contributed by atoms with Crippen molar-refractivity contribution in [2.24, 2.45) is 7.05 Å². The Kier molecular flexibility index (Phi) is 4.00. The maximum Gasteiger partial charge on any atom is 0.255 e. The van der Waals surface area contributed by atoms with Crippen LogP contribution in [0.15, 0.2) is 30.3 Å². The number of carbonyl (C=O) groups excluding carboxylic acids is 1. The SMILES string of the molecule is Cc1cc(C(=O)N2CCN(c3nsc4ccccc34)CC2)c(C)n1C. The van der Waals surface area contributed by atoms with Gasteiger partial charge in [-0.1, -0.05) is 12.1 Å². The summed E-state index contributed by atoms with van der Waals surface area (Å²) in [5, 5.41) is 1.21. The Hall–Kier alpha value is -2.34. The minimum Gasteiger partial charge on any atom is -0.352 e. The highest BCUT2D eigenvalue weighted by molar-refractivity contribution is 7.13. The molecule has 25 heavy (non-hydrogen) atoms. The van der Waals surface area contributed by atoms with Gasteiger partial charge in [-0.05, 0) is 43.6 Å². The molecule has 0 bridgehead atoms. The molecule has 0 unspecified atom stereocenters. The van der Waals surface area contributed by atoms with Gasteiger partial charge in [0.1, 0.15) is 5.82 Å². The minimum absolute atomic E-state index is 0.143. The third-order valence-electron chi connectivity index (χ3n) is 5.23. The average molecular weight is 354 g/mol. The van der Waals surface area contributed by atoms with Gasteiger partial charge in [-0.15, -0.1) is 0 Å². The third-order valence-corrected chi connectivity index (χ3v) is 6.05. The van der Waals surface area contributed by atoms with E-state index in [1.165, 1.54) is 10.1 Å². The van der Waals surface area contributed by atoms with E-state index in [0.29, 0.717) is 0 Å². The molecule has 1 aromatic carbocycles. The van der Waals surface area contributed by atoms with Crippen LogP contribution < -0.4 is 4.90 Å². The number of nitrogens with zero attached hydrogens (tertiary/aromatic N) is 4. The number of aromatic nitrogens is 2. The highest BCUT2D eigenvalue weighted by Gasteiger charge is 2.26. The summed E-state index contributed by atoms with van der Waals surface area (Å²) in [5.41, 5.74) is 2.98. The monoisotopic (exact) mass is 354 g/mol. The van der Waals surface area contributed by atoms with Crippen molar-refractivity contribution in [3.8, 4) is 0 Å². The Balaban J connectivity index is 1.49. The maximum atomic E-state index is 12.9. The first-order chi connectivity index (χ1) is 12.1. The number of amides is 1. The summed E-state index contributed by atoms with van der Waals surface area (Å²) in [6.07, 6.45) is 0. The van der Waals surface area contributed by atoms with Crippen molar-refractivity contribution in [1.82, 2.24) is 13.8 Å². The van der Waals surface area contributed by atoms with Crippen LogP contribution >= 0.6 is 11.5 Å². The van der Waals surface area contributed by atoms with Gasteiger partial charge in [0.2, 0.25) is 0 Å². The molecule has 3 heterocycles. The molecule has 0 radical (unpaired) electrons. The molecule has 1 saturated heterocycles. The number of benzene rings is 1. The lowest BCUT2D eigenvalue weighted by Gasteiger charge is -2.35. The van der Waals surface area contributed by atoms with Crippen LogP contribution in [0.3, 0.4) is 0 Å². The first-order valence-corrected chi connectivity index (χ1v) is 9.35. The van der Waals surface area contributed by atoms with Crippen molar-refractivity contribution in [2.75, 3.05) is 31.1 Å². The molecule has 1 fully saturated rings. The number of fused-ring (bicyclic) bond motifs is 1. The molecular formula is C19H22N4OS. The number of rotatable bonds is 2. The van der Waals surface area contributed by atoms with Crippen LogP contribution in [0, 0.1) is 13.8 Å².